The average Bonchev–Trinajstić information content (AvgIpc) is 3.21. The maximum Gasteiger partial charge on any atom is 0.0471 e. The molecule has 0 spiro atoms. The van der Waals surface area contributed by atoms with Gasteiger partial charge in [0, 0.05) is 42.8 Å². The topological polar surface area (TPSA) is 32.5 Å². The Morgan fingerprint density at radius 2 is 2.15 bits per heavy atom. The van der Waals surface area contributed by atoms with Crippen molar-refractivity contribution in [2.45, 2.75) is 37.4 Å². The second-order valence-electron chi connectivity index (χ2n) is 6.33. The van der Waals surface area contributed by atoms with Crippen LogP contribution in [0.5, 0.6) is 0 Å². The number of hydrogen-bond acceptors (Lipinski definition) is 3. The molecular formula is C16H24ClN3. The number of rotatable bonds is 5. The van der Waals surface area contributed by atoms with E-state index in [1.165, 1.54) is 31.4 Å². The zero-order valence-electron chi connectivity index (χ0n) is 12.2. The van der Waals surface area contributed by atoms with E-state index in [9.17, 15) is 0 Å². The molecule has 0 bridgehead atoms. The molecule has 3 rings (SSSR count). The van der Waals surface area contributed by atoms with Crippen LogP contribution in [0.3, 0.4) is 0 Å². The molecule has 0 amide bonds. The molecule has 3 nitrogen and oxygen atoms in total. The van der Waals surface area contributed by atoms with Gasteiger partial charge in [-0.1, -0.05) is 29.8 Å². The fourth-order valence-corrected chi connectivity index (χ4v) is 3.52. The SMILES string of the molecule is CN(Cc1ccccc1Cl)C1(CN)CCN(C2CC2)C1. The summed E-state index contributed by atoms with van der Waals surface area (Å²) in [4.78, 5) is 5.03. The summed E-state index contributed by atoms with van der Waals surface area (Å²) in [7, 11) is 2.19. The maximum atomic E-state index is 6.28. The van der Waals surface area contributed by atoms with Crippen LogP contribution in [-0.4, -0.2) is 48.1 Å². The number of halogens is 1. The van der Waals surface area contributed by atoms with Crippen molar-refractivity contribution in [1.82, 2.24) is 9.80 Å². The van der Waals surface area contributed by atoms with Gasteiger partial charge in [0.25, 0.3) is 0 Å². The number of nitrogens with zero attached hydrogens (tertiary/aromatic N) is 2. The molecule has 1 aromatic rings. The summed E-state index contributed by atoms with van der Waals surface area (Å²) >= 11 is 6.28. The van der Waals surface area contributed by atoms with E-state index < -0.39 is 0 Å². The standard InChI is InChI=1S/C16H24ClN3/c1-19(10-13-4-2-3-5-15(13)17)16(11-18)8-9-20(12-16)14-6-7-14/h2-5,14H,6-12,18H2,1H3. The third-order valence-corrected chi connectivity index (χ3v) is 5.35. The third-order valence-electron chi connectivity index (χ3n) is 4.98. The Kier molecular flexibility index (Phi) is 4.04. The first-order valence-corrected chi connectivity index (χ1v) is 7.91. The van der Waals surface area contributed by atoms with Gasteiger partial charge in [0.05, 0.1) is 0 Å². The van der Waals surface area contributed by atoms with Crippen molar-refractivity contribution in [2.24, 2.45) is 5.73 Å². The number of likely N-dealkylation sites (N-methyl/N-ethyl adjacent to an activating group) is 1. The molecule has 1 aliphatic carbocycles. The van der Waals surface area contributed by atoms with Crippen molar-refractivity contribution in [2.75, 3.05) is 26.7 Å². The van der Waals surface area contributed by atoms with Crippen molar-refractivity contribution in [3.05, 3.63) is 34.9 Å². The normalized spacial score (nSPS) is 27.4. The van der Waals surface area contributed by atoms with Crippen LogP contribution in [0.1, 0.15) is 24.8 Å². The highest BCUT2D eigenvalue weighted by atomic mass is 35.5. The van der Waals surface area contributed by atoms with E-state index in [1.807, 2.05) is 12.1 Å². The van der Waals surface area contributed by atoms with Crippen molar-refractivity contribution in [1.29, 1.82) is 0 Å². The molecule has 1 atom stereocenters. The van der Waals surface area contributed by atoms with Crippen molar-refractivity contribution < 1.29 is 0 Å². The van der Waals surface area contributed by atoms with E-state index in [0.29, 0.717) is 0 Å². The van der Waals surface area contributed by atoms with Gasteiger partial charge < -0.3 is 5.73 Å². The van der Waals surface area contributed by atoms with Gasteiger partial charge in [-0.25, -0.2) is 0 Å². The molecule has 2 aliphatic rings. The van der Waals surface area contributed by atoms with Gasteiger partial charge in [-0.05, 0) is 37.9 Å². The lowest BCUT2D eigenvalue weighted by Crippen LogP contribution is -2.53. The summed E-state index contributed by atoms with van der Waals surface area (Å²) in [5.74, 6) is 0. The van der Waals surface area contributed by atoms with Crippen molar-refractivity contribution in [3.8, 4) is 0 Å². The number of nitrogens with two attached hydrogens (primary N) is 1. The maximum absolute atomic E-state index is 6.28. The van der Waals surface area contributed by atoms with E-state index in [1.54, 1.807) is 0 Å². The van der Waals surface area contributed by atoms with E-state index in [2.05, 4.69) is 29.0 Å². The zero-order valence-corrected chi connectivity index (χ0v) is 12.9. The lowest BCUT2D eigenvalue weighted by Gasteiger charge is -2.38. The molecule has 1 saturated heterocycles. The van der Waals surface area contributed by atoms with Gasteiger partial charge in [-0.2, -0.15) is 0 Å². The van der Waals surface area contributed by atoms with Crippen LogP contribution in [0.15, 0.2) is 24.3 Å². The van der Waals surface area contributed by atoms with Gasteiger partial charge in [0.1, 0.15) is 0 Å². The molecule has 110 valence electrons. The van der Waals surface area contributed by atoms with E-state index in [0.717, 1.165) is 30.7 Å². The number of likely N-dealkylation sites (tertiary alicyclic amines) is 1. The highest BCUT2D eigenvalue weighted by molar-refractivity contribution is 6.31. The van der Waals surface area contributed by atoms with Crippen LogP contribution in [0, 0.1) is 0 Å². The lowest BCUT2D eigenvalue weighted by molar-refractivity contribution is 0.120. The number of benzene rings is 1. The molecule has 4 heteroatoms. The zero-order chi connectivity index (χ0) is 14.2. The Morgan fingerprint density at radius 3 is 2.80 bits per heavy atom. The Hall–Kier alpha value is -0.610. The van der Waals surface area contributed by atoms with E-state index in [4.69, 9.17) is 17.3 Å². The predicted octanol–water partition coefficient (Wildman–Crippen LogP) is 2.34. The molecule has 20 heavy (non-hydrogen) atoms. The predicted molar refractivity (Wildman–Crippen MR) is 83.9 cm³/mol. The van der Waals surface area contributed by atoms with Crippen LogP contribution >= 0.6 is 11.6 Å². The molecule has 2 fully saturated rings. The molecule has 1 aromatic carbocycles. The quantitative estimate of drug-likeness (QED) is 0.904. The monoisotopic (exact) mass is 293 g/mol. The van der Waals surface area contributed by atoms with Gasteiger partial charge in [-0.3, -0.25) is 9.80 Å². The fraction of sp³-hybridized carbons (Fsp3) is 0.625. The Morgan fingerprint density at radius 1 is 1.40 bits per heavy atom. The highest BCUT2D eigenvalue weighted by Gasteiger charge is 2.44. The molecular weight excluding hydrogens is 270 g/mol. The lowest BCUT2D eigenvalue weighted by atomic mass is 9.96. The first-order valence-electron chi connectivity index (χ1n) is 7.53. The average molecular weight is 294 g/mol. The minimum absolute atomic E-state index is 0.113. The summed E-state index contributed by atoms with van der Waals surface area (Å²) < 4.78 is 0. The minimum atomic E-state index is 0.113. The summed E-state index contributed by atoms with van der Waals surface area (Å²) in [6, 6.07) is 8.93. The summed E-state index contributed by atoms with van der Waals surface area (Å²) in [6.45, 7) is 3.89. The van der Waals surface area contributed by atoms with Gasteiger partial charge in [-0.15, -0.1) is 0 Å². The van der Waals surface area contributed by atoms with Crippen LogP contribution in [0.4, 0.5) is 0 Å². The molecule has 2 N–H and O–H groups in total. The molecule has 0 radical (unpaired) electrons. The second-order valence-corrected chi connectivity index (χ2v) is 6.73. The Bertz CT molecular complexity index is 475. The second kappa shape index (κ2) is 5.64. The highest BCUT2D eigenvalue weighted by Crippen LogP contribution is 2.36. The van der Waals surface area contributed by atoms with Crippen LogP contribution < -0.4 is 5.73 Å². The first-order chi connectivity index (χ1) is 9.64. The van der Waals surface area contributed by atoms with Crippen LogP contribution in [0.2, 0.25) is 5.02 Å². The molecule has 1 unspecified atom stereocenters. The molecule has 1 aliphatic heterocycles. The van der Waals surface area contributed by atoms with Gasteiger partial charge in [0.2, 0.25) is 0 Å². The number of hydrogen-bond donors (Lipinski definition) is 1. The largest absolute Gasteiger partial charge is 0.329 e. The van der Waals surface area contributed by atoms with Crippen molar-refractivity contribution >= 4 is 11.6 Å². The van der Waals surface area contributed by atoms with Crippen LogP contribution in [-0.2, 0) is 6.54 Å². The van der Waals surface area contributed by atoms with Gasteiger partial charge in [0.15, 0.2) is 0 Å². The third kappa shape index (κ3) is 2.73. The Labute approximate surface area is 126 Å². The smallest absolute Gasteiger partial charge is 0.0471 e. The minimum Gasteiger partial charge on any atom is -0.329 e. The van der Waals surface area contributed by atoms with Crippen molar-refractivity contribution in [3.63, 3.8) is 0 Å². The van der Waals surface area contributed by atoms with E-state index >= 15 is 0 Å². The summed E-state index contributed by atoms with van der Waals surface area (Å²) in [5, 5.41) is 0.851. The molecule has 1 saturated carbocycles. The fourth-order valence-electron chi connectivity index (χ4n) is 3.32. The Balaban J connectivity index is 1.71. The molecule has 1 heterocycles. The summed E-state index contributed by atoms with van der Waals surface area (Å²) in [6.07, 6.45) is 3.91. The van der Waals surface area contributed by atoms with Gasteiger partial charge >= 0.3 is 0 Å². The first kappa shape index (κ1) is 14.3. The van der Waals surface area contributed by atoms with Crippen LogP contribution in [0.25, 0.3) is 0 Å². The van der Waals surface area contributed by atoms with E-state index in [-0.39, 0.29) is 5.54 Å². The summed E-state index contributed by atoms with van der Waals surface area (Å²) in [5.41, 5.74) is 7.44. The molecule has 0 aromatic heterocycles.